The number of phenolic OH excluding ortho intramolecular Hbond substituents is 1. The molecule has 3 N–H and O–H groups in total. The van der Waals surface area contributed by atoms with Crippen molar-refractivity contribution in [2.24, 2.45) is 0 Å². The van der Waals surface area contributed by atoms with E-state index < -0.39 is 5.78 Å². The molecular weight excluding hydrogens is 378 g/mol. The SMILES string of the molecule is C=CCOC(C)c1ccccc1-c1c(N)cc(O)c2c1C(=O)c1ccccc1C2=O. The van der Waals surface area contributed by atoms with Gasteiger partial charge in [0.2, 0.25) is 0 Å². The minimum atomic E-state index is -0.396. The Morgan fingerprint density at radius 2 is 1.53 bits per heavy atom. The number of rotatable bonds is 5. The highest BCUT2D eigenvalue weighted by molar-refractivity contribution is 6.32. The first-order valence-electron chi connectivity index (χ1n) is 9.61. The topological polar surface area (TPSA) is 89.6 Å². The maximum Gasteiger partial charge on any atom is 0.198 e. The summed E-state index contributed by atoms with van der Waals surface area (Å²) in [4.78, 5) is 26.6. The number of phenols is 1. The summed E-state index contributed by atoms with van der Waals surface area (Å²) in [7, 11) is 0. The zero-order valence-corrected chi connectivity index (χ0v) is 16.5. The zero-order valence-electron chi connectivity index (χ0n) is 16.5. The minimum Gasteiger partial charge on any atom is -0.507 e. The van der Waals surface area contributed by atoms with Crippen molar-refractivity contribution in [1.29, 1.82) is 0 Å². The average molecular weight is 399 g/mol. The average Bonchev–Trinajstić information content (AvgIpc) is 2.75. The molecule has 0 aliphatic heterocycles. The summed E-state index contributed by atoms with van der Waals surface area (Å²) >= 11 is 0. The number of fused-ring (bicyclic) bond motifs is 2. The summed E-state index contributed by atoms with van der Waals surface area (Å²) in [6.45, 7) is 5.93. The van der Waals surface area contributed by atoms with Crippen LogP contribution in [0.5, 0.6) is 5.75 Å². The van der Waals surface area contributed by atoms with Crippen molar-refractivity contribution in [1.82, 2.24) is 0 Å². The van der Waals surface area contributed by atoms with E-state index in [9.17, 15) is 14.7 Å². The number of carbonyl (C=O) groups excluding carboxylic acids is 2. The lowest BCUT2D eigenvalue weighted by Gasteiger charge is -2.24. The Labute approximate surface area is 174 Å². The molecule has 0 aromatic heterocycles. The van der Waals surface area contributed by atoms with Crippen LogP contribution in [0.1, 0.15) is 50.4 Å². The van der Waals surface area contributed by atoms with E-state index in [1.165, 1.54) is 6.07 Å². The minimum absolute atomic E-state index is 0.0163. The molecule has 3 aromatic carbocycles. The number of nitrogen functional groups attached to an aromatic ring is 1. The number of ketones is 2. The van der Waals surface area contributed by atoms with Crippen LogP contribution in [0, 0.1) is 0 Å². The number of benzene rings is 3. The van der Waals surface area contributed by atoms with Crippen molar-refractivity contribution in [2.45, 2.75) is 13.0 Å². The Hall–Kier alpha value is -3.70. The van der Waals surface area contributed by atoms with Gasteiger partial charge in [-0.1, -0.05) is 54.6 Å². The van der Waals surface area contributed by atoms with Crippen LogP contribution in [-0.2, 0) is 4.74 Å². The van der Waals surface area contributed by atoms with E-state index in [2.05, 4.69) is 6.58 Å². The van der Waals surface area contributed by atoms with Crippen LogP contribution in [0.15, 0.2) is 67.3 Å². The first-order valence-corrected chi connectivity index (χ1v) is 9.61. The predicted molar refractivity (Wildman–Crippen MR) is 116 cm³/mol. The molecule has 4 rings (SSSR count). The molecule has 0 spiro atoms. The highest BCUT2D eigenvalue weighted by Gasteiger charge is 2.35. The molecule has 1 unspecified atom stereocenters. The molecule has 1 aliphatic carbocycles. The van der Waals surface area contributed by atoms with Gasteiger partial charge in [-0.05, 0) is 18.1 Å². The van der Waals surface area contributed by atoms with Crippen LogP contribution in [0.3, 0.4) is 0 Å². The molecule has 5 nitrogen and oxygen atoms in total. The number of aromatic hydroxyl groups is 1. The molecule has 3 aromatic rings. The van der Waals surface area contributed by atoms with Gasteiger partial charge in [0.15, 0.2) is 11.6 Å². The molecule has 5 heteroatoms. The van der Waals surface area contributed by atoms with Crippen molar-refractivity contribution in [2.75, 3.05) is 12.3 Å². The number of anilines is 1. The van der Waals surface area contributed by atoms with Crippen molar-refractivity contribution in [3.8, 4) is 16.9 Å². The third-order valence-corrected chi connectivity index (χ3v) is 5.34. The van der Waals surface area contributed by atoms with Crippen molar-refractivity contribution in [3.63, 3.8) is 0 Å². The van der Waals surface area contributed by atoms with E-state index in [1.54, 1.807) is 30.3 Å². The van der Waals surface area contributed by atoms with Crippen molar-refractivity contribution >= 4 is 17.3 Å². The quantitative estimate of drug-likeness (QED) is 0.376. The fraction of sp³-hybridized carbons (Fsp3) is 0.120. The smallest absolute Gasteiger partial charge is 0.198 e. The van der Waals surface area contributed by atoms with Gasteiger partial charge < -0.3 is 15.6 Å². The lowest BCUT2D eigenvalue weighted by Crippen LogP contribution is -2.22. The Morgan fingerprint density at radius 1 is 0.967 bits per heavy atom. The Bertz CT molecular complexity index is 1200. The molecule has 0 radical (unpaired) electrons. The molecule has 0 heterocycles. The second-order valence-corrected chi connectivity index (χ2v) is 7.17. The molecular formula is C25H21NO4. The molecule has 1 atom stereocenters. The van der Waals surface area contributed by atoms with Gasteiger partial charge in [-0.2, -0.15) is 0 Å². The molecule has 0 saturated heterocycles. The van der Waals surface area contributed by atoms with Crippen LogP contribution in [0.4, 0.5) is 5.69 Å². The fourth-order valence-corrected chi connectivity index (χ4v) is 3.97. The van der Waals surface area contributed by atoms with Gasteiger partial charge >= 0.3 is 0 Å². The second-order valence-electron chi connectivity index (χ2n) is 7.17. The normalized spacial score (nSPS) is 13.5. The number of hydrogen-bond acceptors (Lipinski definition) is 5. The second kappa shape index (κ2) is 7.61. The number of nitrogens with two attached hydrogens (primary N) is 1. The van der Waals surface area contributed by atoms with Gasteiger partial charge in [0.1, 0.15) is 5.75 Å². The lowest BCUT2D eigenvalue weighted by molar-refractivity contribution is 0.0891. The largest absolute Gasteiger partial charge is 0.507 e. The standard InChI is InChI=1S/C25H21NO4/c1-3-12-30-14(2)15-8-4-5-9-16(15)21-19(26)13-20(27)22-23(21)25(29)18-11-7-6-10-17(18)24(22)28/h3-11,13-14,27H,1,12,26H2,2H3. The molecule has 0 amide bonds. The van der Waals surface area contributed by atoms with E-state index in [1.807, 2.05) is 31.2 Å². The van der Waals surface area contributed by atoms with Crippen LogP contribution in [0.25, 0.3) is 11.1 Å². The molecule has 150 valence electrons. The Balaban J connectivity index is 2.00. The number of hydrogen-bond donors (Lipinski definition) is 2. The van der Waals surface area contributed by atoms with Gasteiger partial charge in [-0.3, -0.25) is 9.59 Å². The van der Waals surface area contributed by atoms with Crippen LogP contribution < -0.4 is 5.73 Å². The van der Waals surface area contributed by atoms with Gasteiger partial charge in [0.05, 0.1) is 18.3 Å². The van der Waals surface area contributed by atoms with Gasteiger partial charge in [-0.25, -0.2) is 0 Å². The summed E-state index contributed by atoms with van der Waals surface area (Å²) in [6, 6.07) is 15.4. The molecule has 0 bridgehead atoms. The first-order chi connectivity index (χ1) is 14.5. The molecule has 0 saturated carbocycles. The van der Waals surface area contributed by atoms with Crippen molar-refractivity contribution in [3.05, 3.63) is 95.1 Å². The summed E-state index contributed by atoms with van der Waals surface area (Å²) in [5.74, 6) is -1.04. The van der Waals surface area contributed by atoms with E-state index in [0.29, 0.717) is 23.3 Å². The van der Waals surface area contributed by atoms with Crippen LogP contribution in [-0.4, -0.2) is 23.3 Å². The predicted octanol–water partition coefficient (Wildman–Crippen LogP) is 4.68. The first kappa shape index (κ1) is 19.6. The van der Waals surface area contributed by atoms with E-state index in [0.717, 1.165) is 5.56 Å². The third kappa shape index (κ3) is 3.00. The summed E-state index contributed by atoms with van der Waals surface area (Å²) < 4.78 is 5.79. The summed E-state index contributed by atoms with van der Waals surface area (Å²) in [5, 5.41) is 10.5. The summed E-state index contributed by atoms with van der Waals surface area (Å²) in [6.07, 6.45) is 1.36. The van der Waals surface area contributed by atoms with Crippen molar-refractivity contribution < 1.29 is 19.4 Å². The summed E-state index contributed by atoms with van der Waals surface area (Å²) in [5.41, 5.74) is 9.13. The monoisotopic (exact) mass is 399 g/mol. The lowest BCUT2D eigenvalue weighted by atomic mass is 9.78. The molecule has 30 heavy (non-hydrogen) atoms. The molecule has 0 fully saturated rings. The number of ether oxygens (including phenoxy) is 1. The van der Waals surface area contributed by atoms with Crippen LogP contribution in [0.2, 0.25) is 0 Å². The van der Waals surface area contributed by atoms with E-state index >= 15 is 0 Å². The zero-order chi connectivity index (χ0) is 21.4. The van der Waals surface area contributed by atoms with E-state index in [-0.39, 0.29) is 40.0 Å². The van der Waals surface area contributed by atoms with E-state index in [4.69, 9.17) is 10.5 Å². The fourth-order valence-electron chi connectivity index (χ4n) is 3.97. The van der Waals surface area contributed by atoms with Gasteiger partial charge in [-0.15, -0.1) is 6.58 Å². The van der Waals surface area contributed by atoms with Gasteiger partial charge in [0, 0.05) is 34.0 Å². The van der Waals surface area contributed by atoms with Crippen LogP contribution >= 0.6 is 0 Å². The Kier molecular flexibility index (Phi) is 4.98. The maximum absolute atomic E-state index is 13.4. The highest BCUT2D eigenvalue weighted by atomic mass is 16.5. The maximum atomic E-state index is 13.4. The number of carbonyl (C=O) groups is 2. The molecule has 1 aliphatic rings. The van der Waals surface area contributed by atoms with Gasteiger partial charge in [0.25, 0.3) is 0 Å². The highest BCUT2D eigenvalue weighted by Crippen LogP contribution is 2.44. The Morgan fingerprint density at radius 3 is 2.17 bits per heavy atom. The third-order valence-electron chi connectivity index (χ3n) is 5.34.